The molecule has 0 amide bonds. The van der Waals surface area contributed by atoms with Gasteiger partial charge >= 0.3 is 0 Å². The first-order chi connectivity index (χ1) is 16.8. The fourth-order valence-electron chi connectivity index (χ4n) is 4.48. The molecule has 0 bridgehead atoms. The summed E-state index contributed by atoms with van der Waals surface area (Å²) in [4.78, 5) is 37.5. The van der Waals surface area contributed by atoms with Gasteiger partial charge < -0.3 is 19.3 Å². The standard InChI is InChI=1S/C26H32FN5O3/c1-17(2)24-21(28-16-32(24)9-5-8-31-10-11-35-18(3)15-31)14-23-26(34)29-22(25(33)30-23)13-19-6-4-7-20(27)12-19/h4,6-7,12-14,16-18H,5,8-11,15H2,1-3H3,(H,29,34)(H,30,33)/b22-13-,23-14-/t18-/m0/s1. The van der Waals surface area contributed by atoms with Gasteiger partial charge in [-0.15, -0.1) is 0 Å². The number of aromatic nitrogens is 4. The van der Waals surface area contributed by atoms with Gasteiger partial charge in [0.05, 0.1) is 24.7 Å². The average molecular weight is 482 g/mol. The number of nitrogens with one attached hydrogen (secondary N) is 2. The van der Waals surface area contributed by atoms with Crippen LogP contribution in [0.5, 0.6) is 0 Å². The van der Waals surface area contributed by atoms with Crippen molar-refractivity contribution in [3.05, 3.63) is 84.8 Å². The Kier molecular flexibility index (Phi) is 7.77. The van der Waals surface area contributed by atoms with Gasteiger partial charge in [-0.25, -0.2) is 9.37 Å². The number of hydrogen-bond donors (Lipinski definition) is 2. The lowest BCUT2D eigenvalue weighted by atomic mass is 10.1. The Morgan fingerprint density at radius 2 is 1.91 bits per heavy atom. The summed E-state index contributed by atoms with van der Waals surface area (Å²) in [6.45, 7) is 10.7. The zero-order valence-corrected chi connectivity index (χ0v) is 20.4. The summed E-state index contributed by atoms with van der Waals surface area (Å²) in [7, 11) is 0. The van der Waals surface area contributed by atoms with E-state index in [1.807, 2.05) is 0 Å². The minimum absolute atomic E-state index is 0.0600. The third-order valence-corrected chi connectivity index (χ3v) is 6.08. The molecule has 35 heavy (non-hydrogen) atoms. The van der Waals surface area contributed by atoms with Crippen molar-refractivity contribution in [2.24, 2.45) is 0 Å². The Morgan fingerprint density at radius 3 is 2.60 bits per heavy atom. The van der Waals surface area contributed by atoms with E-state index in [0.717, 1.165) is 44.9 Å². The number of halogens is 1. The molecule has 0 aliphatic carbocycles. The fraction of sp³-hybridized carbons (Fsp3) is 0.423. The van der Waals surface area contributed by atoms with Crippen LogP contribution < -0.4 is 21.8 Å². The predicted octanol–water partition coefficient (Wildman–Crippen LogP) is 1.29. The summed E-state index contributed by atoms with van der Waals surface area (Å²) in [5.74, 6) is -0.239. The highest BCUT2D eigenvalue weighted by Gasteiger charge is 2.17. The molecule has 2 aromatic heterocycles. The molecule has 1 aromatic carbocycles. The average Bonchev–Trinajstić information content (AvgIpc) is 3.20. The van der Waals surface area contributed by atoms with Crippen molar-refractivity contribution in [1.82, 2.24) is 24.4 Å². The maximum absolute atomic E-state index is 13.4. The molecule has 3 heterocycles. The minimum atomic E-state index is -0.467. The van der Waals surface area contributed by atoms with Crippen LogP contribution in [-0.4, -0.2) is 56.8 Å². The van der Waals surface area contributed by atoms with Crippen LogP contribution >= 0.6 is 0 Å². The van der Waals surface area contributed by atoms with Crippen LogP contribution in [0.25, 0.3) is 12.2 Å². The number of ether oxygens (including phenoxy) is 1. The summed E-state index contributed by atoms with van der Waals surface area (Å²) in [6, 6.07) is 5.80. The molecule has 9 heteroatoms. The van der Waals surface area contributed by atoms with Crippen LogP contribution in [0, 0.1) is 5.82 Å². The second-order valence-corrected chi connectivity index (χ2v) is 9.28. The van der Waals surface area contributed by atoms with E-state index in [1.165, 1.54) is 18.2 Å². The van der Waals surface area contributed by atoms with E-state index in [0.29, 0.717) is 11.3 Å². The van der Waals surface area contributed by atoms with Gasteiger partial charge in [-0.1, -0.05) is 26.0 Å². The van der Waals surface area contributed by atoms with E-state index >= 15 is 0 Å². The van der Waals surface area contributed by atoms with Gasteiger partial charge in [-0.3, -0.25) is 14.5 Å². The van der Waals surface area contributed by atoms with Gasteiger partial charge in [0.1, 0.15) is 16.5 Å². The smallest absolute Gasteiger partial charge is 0.272 e. The number of aryl methyl sites for hydroxylation is 1. The molecule has 0 radical (unpaired) electrons. The van der Waals surface area contributed by atoms with Crippen molar-refractivity contribution in [3.63, 3.8) is 0 Å². The number of H-pyrrole nitrogens is 2. The number of aromatic amines is 2. The van der Waals surface area contributed by atoms with Gasteiger partial charge in [0, 0.05) is 31.9 Å². The molecule has 8 nitrogen and oxygen atoms in total. The molecule has 3 aromatic rings. The van der Waals surface area contributed by atoms with E-state index in [2.05, 4.69) is 45.2 Å². The third-order valence-electron chi connectivity index (χ3n) is 6.08. The summed E-state index contributed by atoms with van der Waals surface area (Å²) in [6.07, 6.45) is 6.09. The van der Waals surface area contributed by atoms with Crippen molar-refractivity contribution < 1.29 is 9.13 Å². The Hall–Kier alpha value is -3.30. The van der Waals surface area contributed by atoms with Gasteiger partial charge in [-0.2, -0.15) is 0 Å². The quantitative estimate of drug-likeness (QED) is 0.530. The van der Waals surface area contributed by atoms with E-state index in [9.17, 15) is 14.0 Å². The first-order valence-corrected chi connectivity index (χ1v) is 12.0. The molecule has 1 fully saturated rings. The molecule has 1 aliphatic rings. The molecular weight excluding hydrogens is 449 g/mol. The summed E-state index contributed by atoms with van der Waals surface area (Å²) >= 11 is 0. The van der Waals surface area contributed by atoms with Crippen LogP contribution in [0.15, 0.2) is 40.2 Å². The number of rotatable bonds is 7. The maximum Gasteiger partial charge on any atom is 0.272 e. The van der Waals surface area contributed by atoms with Crippen LogP contribution in [0.3, 0.4) is 0 Å². The SMILES string of the molecule is CC(C)c1c(/C=c2\[nH]c(=O)/c(=C/c3cccc(F)c3)[nH]c2=O)ncn1CCCN1CCO[C@@H](C)C1. The molecule has 186 valence electrons. The normalized spacial score (nSPS) is 18.0. The number of benzene rings is 1. The molecule has 0 unspecified atom stereocenters. The van der Waals surface area contributed by atoms with Gasteiger partial charge in [-0.05, 0) is 49.1 Å². The second-order valence-electron chi connectivity index (χ2n) is 9.28. The van der Waals surface area contributed by atoms with E-state index in [-0.39, 0.29) is 22.7 Å². The van der Waals surface area contributed by atoms with Crippen molar-refractivity contribution in [2.75, 3.05) is 26.2 Å². The predicted molar refractivity (Wildman–Crippen MR) is 133 cm³/mol. The molecule has 0 saturated carbocycles. The molecule has 1 aliphatic heterocycles. The zero-order chi connectivity index (χ0) is 24.9. The Morgan fingerprint density at radius 1 is 1.17 bits per heavy atom. The highest BCUT2D eigenvalue weighted by atomic mass is 19.1. The second kappa shape index (κ2) is 11.0. The molecule has 1 atom stereocenters. The summed E-state index contributed by atoms with van der Waals surface area (Å²) < 4.78 is 21.2. The molecular formula is C26H32FN5O3. The molecule has 4 rings (SSSR count). The number of morpholine rings is 1. The Labute approximate surface area is 202 Å². The highest BCUT2D eigenvalue weighted by Crippen LogP contribution is 2.20. The Balaban J connectivity index is 1.58. The van der Waals surface area contributed by atoms with Gasteiger partial charge in [0.15, 0.2) is 0 Å². The first-order valence-electron chi connectivity index (χ1n) is 12.0. The minimum Gasteiger partial charge on any atom is -0.376 e. The summed E-state index contributed by atoms with van der Waals surface area (Å²) in [5, 5.41) is 0.186. The molecule has 1 saturated heterocycles. The van der Waals surface area contributed by atoms with Crippen molar-refractivity contribution in [3.8, 4) is 0 Å². The van der Waals surface area contributed by atoms with E-state index in [1.54, 1.807) is 24.5 Å². The zero-order valence-electron chi connectivity index (χ0n) is 20.4. The topological polar surface area (TPSA) is 96.0 Å². The van der Waals surface area contributed by atoms with Crippen LogP contribution in [0.2, 0.25) is 0 Å². The van der Waals surface area contributed by atoms with Crippen LogP contribution in [0.1, 0.15) is 50.1 Å². The van der Waals surface area contributed by atoms with E-state index in [4.69, 9.17) is 4.74 Å². The lowest BCUT2D eigenvalue weighted by Gasteiger charge is -2.31. The largest absolute Gasteiger partial charge is 0.376 e. The van der Waals surface area contributed by atoms with Crippen LogP contribution in [0.4, 0.5) is 4.39 Å². The molecule has 2 N–H and O–H groups in total. The van der Waals surface area contributed by atoms with Crippen molar-refractivity contribution in [2.45, 2.75) is 45.8 Å². The first kappa shape index (κ1) is 24.8. The Bertz CT molecular complexity index is 1410. The highest BCUT2D eigenvalue weighted by molar-refractivity contribution is 5.49. The number of imidazole rings is 1. The fourth-order valence-corrected chi connectivity index (χ4v) is 4.48. The van der Waals surface area contributed by atoms with Crippen molar-refractivity contribution in [1.29, 1.82) is 0 Å². The summed E-state index contributed by atoms with van der Waals surface area (Å²) in [5.41, 5.74) is 1.23. The van der Waals surface area contributed by atoms with Crippen LogP contribution in [-0.2, 0) is 11.3 Å². The van der Waals surface area contributed by atoms with Crippen molar-refractivity contribution >= 4 is 12.2 Å². The lowest BCUT2D eigenvalue weighted by Crippen LogP contribution is -2.46. The van der Waals surface area contributed by atoms with E-state index < -0.39 is 16.9 Å². The number of hydrogen-bond acceptors (Lipinski definition) is 5. The lowest BCUT2D eigenvalue weighted by molar-refractivity contribution is -0.0187. The third kappa shape index (κ3) is 6.23. The van der Waals surface area contributed by atoms with Gasteiger partial charge in [0.25, 0.3) is 11.1 Å². The van der Waals surface area contributed by atoms with Gasteiger partial charge in [0.2, 0.25) is 0 Å². The molecule has 0 spiro atoms. The monoisotopic (exact) mass is 481 g/mol. The maximum atomic E-state index is 13.4. The number of nitrogens with zero attached hydrogens (tertiary/aromatic N) is 3.